The number of carbonyl (C=O) groups is 1. The second-order valence-electron chi connectivity index (χ2n) is 4.21. The van der Waals surface area contributed by atoms with Crippen molar-refractivity contribution in [3.63, 3.8) is 0 Å². The van der Waals surface area contributed by atoms with E-state index in [-0.39, 0.29) is 18.4 Å². The molecule has 1 aliphatic rings. The molecule has 1 N–H and O–H groups in total. The number of ether oxygens (including phenoxy) is 1. The SMILES string of the molecule is COCCN(CC(F)F)C(=O)C1CCCNC1. The molecule has 0 aromatic carbocycles. The summed E-state index contributed by atoms with van der Waals surface area (Å²) in [5.41, 5.74) is 0. The Morgan fingerprint density at radius 3 is 2.88 bits per heavy atom. The third-order valence-electron chi connectivity index (χ3n) is 2.88. The molecule has 0 aliphatic carbocycles. The molecule has 1 heterocycles. The largest absolute Gasteiger partial charge is 0.383 e. The van der Waals surface area contributed by atoms with Gasteiger partial charge in [-0.05, 0) is 19.4 Å². The number of methoxy groups -OCH3 is 1. The molecule has 100 valence electrons. The third-order valence-corrected chi connectivity index (χ3v) is 2.88. The zero-order chi connectivity index (χ0) is 12.7. The smallest absolute Gasteiger partial charge is 0.255 e. The van der Waals surface area contributed by atoms with Crippen molar-refractivity contribution in [1.82, 2.24) is 10.2 Å². The molecule has 1 saturated heterocycles. The lowest BCUT2D eigenvalue weighted by atomic mass is 9.98. The second kappa shape index (κ2) is 7.55. The second-order valence-corrected chi connectivity index (χ2v) is 4.21. The molecule has 1 unspecified atom stereocenters. The quantitative estimate of drug-likeness (QED) is 0.755. The van der Waals surface area contributed by atoms with E-state index in [2.05, 4.69) is 5.32 Å². The Hall–Kier alpha value is -0.750. The van der Waals surface area contributed by atoms with E-state index in [0.717, 1.165) is 19.4 Å². The lowest BCUT2D eigenvalue weighted by Gasteiger charge is -2.29. The predicted octanol–water partition coefficient (Wildman–Crippen LogP) is 0.726. The monoisotopic (exact) mass is 250 g/mol. The van der Waals surface area contributed by atoms with Crippen molar-refractivity contribution >= 4 is 5.91 Å². The highest BCUT2D eigenvalue weighted by atomic mass is 19.3. The number of piperidine rings is 1. The highest BCUT2D eigenvalue weighted by Crippen LogP contribution is 2.14. The number of hydrogen-bond acceptors (Lipinski definition) is 3. The van der Waals surface area contributed by atoms with Gasteiger partial charge in [-0.3, -0.25) is 4.79 Å². The molecule has 0 spiro atoms. The molecular weight excluding hydrogens is 230 g/mol. The van der Waals surface area contributed by atoms with Gasteiger partial charge in [0.2, 0.25) is 5.91 Å². The fourth-order valence-corrected chi connectivity index (χ4v) is 1.98. The van der Waals surface area contributed by atoms with Gasteiger partial charge >= 0.3 is 0 Å². The highest BCUT2D eigenvalue weighted by Gasteiger charge is 2.27. The Bertz CT molecular complexity index is 234. The first-order chi connectivity index (χ1) is 8.15. The Morgan fingerprint density at radius 1 is 1.59 bits per heavy atom. The van der Waals surface area contributed by atoms with Gasteiger partial charge in [0.25, 0.3) is 6.43 Å². The molecule has 1 amide bonds. The average molecular weight is 250 g/mol. The summed E-state index contributed by atoms with van der Waals surface area (Å²) in [6.45, 7) is 1.51. The first-order valence-corrected chi connectivity index (χ1v) is 5.91. The highest BCUT2D eigenvalue weighted by molar-refractivity contribution is 5.79. The number of nitrogens with one attached hydrogen (secondary N) is 1. The van der Waals surface area contributed by atoms with Crippen molar-refractivity contribution in [3.8, 4) is 0 Å². The van der Waals surface area contributed by atoms with E-state index in [1.54, 1.807) is 0 Å². The number of nitrogens with zero attached hydrogens (tertiary/aromatic N) is 1. The van der Waals surface area contributed by atoms with E-state index >= 15 is 0 Å². The van der Waals surface area contributed by atoms with Crippen LogP contribution in [0.3, 0.4) is 0 Å². The minimum absolute atomic E-state index is 0.167. The van der Waals surface area contributed by atoms with Crippen molar-refractivity contribution in [2.75, 3.05) is 39.9 Å². The van der Waals surface area contributed by atoms with Gasteiger partial charge in [0.1, 0.15) is 0 Å². The van der Waals surface area contributed by atoms with Crippen LogP contribution < -0.4 is 5.32 Å². The topological polar surface area (TPSA) is 41.6 Å². The van der Waals surface area contributed by atoms with Crippen LogP contribution in [0.15, 0.2) is 0 Å². The third kappa shape index (κ3) is 4.95. The Labute approximate surface area is 100 Å². The zero-order valence-corrected chi connectivity index (χ0v) is 10.1. The van der Waals surface area contributed by atoms with Gasteiger partial charge in [0.05, 0.1) is 19.1 Å². The number of rotatable bonds is 6. The fraction of sp³-hybridized carbons (Fsp3) is 0.909. The van der Waals surface area contributed by atoms with Gasteiger partial charge in [-0.25, -0.2) is 8.78 Å². The summed E-state index contributed by atoms with van der Waals surface area (Å²) >= 11 is 0. The van der Waals surface area contributed by atoms with Crippen molar-refractivity contribution in [2.24, 2.45) is 5.92 Å². The van der Waals surface area contributed by atoms with Gasteiger partial charge in [0.15, 0.2) is 0 Å². The van der Waals surface area contributed by atoms with Crippen LogP contribution in [0.4, 0.5) is 8.78 Å². The van der Waals surface area contributed by atoms with Crippen LogP contribution >= 0.6 is 0 Å². The lowest BCUT2D eigenvalue weighted by molar-refractivity contribution is -0.138. The molecule has 17 heavy (non-hydrogen) atoms. The predicted molar refractivity (Wildman–Crippen MR) is 60.1 cm³/mol. The molecule has 1 aliphatic heterocycles. The van der Waals surface area contributed by atoms with Gasteiger partial charge in [-0.15, -0.1) is 0 Å². The van der Waals surface area contributed by atoms with Crippen molar-refractivity contribution in [3.05, 3.63) is 0 Å². The van der Waals surface area contributed by atoms with Crippen LogP contribution in [0.2, 0.25) is 0 Å². The lowest BCUT2D eigenvalue weighted by Crippen LogP contribution is -2.45. The summed E-state index contributed by atoms with van der Waals surface area (Å²) in [5, 5.41) is 3.11. The Kier molecular flexibility index (Phi) is 6.36. The minimum atomic E-state index is -2.49. The molecule has 4 nitrogen and oxygen atoms in total. The number of carbonyl (C=O) groups excluding carboxylic acids is 1. The maximum Gasteiger partial charge on any atom is 0.255 e. The maximum absolute atomic E-state index is 12.4. The zero-order valence-electron chi connectivity index (χ0n) is 10.1. The first kappa shape index (κ1) is 14.3. The van der Waals surface area contributed by atoms with Gasteiger partial charge < -0.3 is 15.0 Å². The summed E-state index contributed by atoms with van der Waals surface area (Å²) in [4.78, 5) is 13.3. The van der Waals surface area contributed by atoms with Crippen LogP contribution in [0.1, 0.15) is 12.8 Å². The number of halogens is 2. The summed E-state index contributed by atoms with van der Waals surface area (Å²) in [6.07, 6.45) is -0.797. The van der Waals surface area contributed by atoms with E-state index in [1.807, 2.05) is 0 Å². The Balaban J connectivity index is 2.50. The molecule has 0 bridgehead atoms. The molecule has 0 saturated carbocycles. The van der Waals surface area contributed by atoms with Crippen LogP contribution in [0.5, 0.6) is 0 Å². The van der Waals surface area contributed by atoms with Crippen molar-refractivity contribution < 1.29 is 18.3 Å². The fourth-order valence-electron chi connectivity index (χ4n) is 1.98. The van der Waals surface area contributed by atoms with E-state index < -0.39 is 13.0 Å². The van der Waals surface area contributed by atoms with Crippen molar-refractivity contribution in [2.45, 2.75) is 19.3 Å². The molecule has 6 heteroatoms. The number of alkyl halides is 2. The number of hydrogen-bond donors (Lipinski definition) is 1. The van der Waals surface area contributed by atoms with E-state index in [4.69, 9.17) is 4.74 Å². The van der Waals surface area contributed by atoms with Crippen molar-refractivity contribution in [1.29, 1.82) is 0 Å². The summed E-state index contributed by atoms with van der Waals surface area (Å²) < 4.78 is 29.6. The van der Waals surface area contributed by atoms with E-state index in [1.165, 1.54) is 12.0 Å². The molecule has 0 radical (unpaired) electrons. The summed E-state index contributed by atoms with van der Waals surface area (Å²) in [5.74, 6) is -0.353. The van der Waals surface area contributed by atoms with Gasteiger partial charge in [-0.2, -0.15) is 0 Å². The van der Waals surface area contributed by atoms with E-state index in [0.29, 0.717) is 13.2 Å². The summed E-state index contributed by atoms with van der Waals surface area (Å²) in [6, 6.07) is 0. The van der Waals surface area contributed by atoms with Crippen LogP contribution in [0.25, 0.3) is 0 Å². The average Bonchev–Trinajstić information content (AvgIpc) is 2.34. The Morgan fingerprint density at radius 2 is 2.35 bits per heavy atom. The maximum atomic E-state index is 12.4. The van der Waals surface area contributed by atoms with Crippen LogP contribution in [-0.2, 0) is 9.53 Å². The number of amides is 1. The van der Waals surface area contributed by atoms with E-state index in [9.17, 15) is 13.6 Å². The molecule has 1 atom stereocenters. The molecule has 1 rings (SSSR count). The molecule has 1 fully saturated rings. The van der Waals surface area contributed by atoms with Gasteiger partial charge in [-0.1, -0.05) is 0 Å². The summed E-state index contributed by atoms with van der Waals surface area (Å²) in [7, 11) is 1.49. The normalized spacial score (nSPS) is 20.6. The first-order valence-electron chi connectivity index (χ1n) is 5.91. The van der Waals surface area contributed by atoms with Gasteiger partial charge in [0, 0.05) is 20.2 Å². The minimum Gasteiger partial charge on any atom is -0.383 e. The van der Waals surface area contributed by atoms with Crippen LogP contribution in [0, 0.1) is 5.92 Å². The standard InChI is InChI=1S/C11H20F2N2O2/c1-17-6-5-15(8-10(12)13)11(16)9-3-2-4-14-7-9/h9-10,14H,2-8H2,1H3. The molecule has 0 aromatic rings. The van der Waals surface area contributed by atoms with Crippen LogP contribution in [-0.4, -0.2) is 57.1 Å². The molecular formula is C11H20F2N2O2. The molecule has 0 aromatic heterocycles.